The van der Waals surface area contributed by atoms with Gasteiger partial charge in [-0.15, -0.1) is 0 Å². The van der Waals surface area contributed by atoms with E-state index in [1.807, 2.05) is 19.0 Å². The summed E-state index contributed by atoms with van der Waals surface area (Å²) in [6.07, 6.45) is 0.888. The maximum atomic E-state index is 13.5. The van der Waals surface area contributed by atoms with Gasteiger partial charge in [-0.1, -0.05) is 11.6 Å². The number of anilines is 2. The number of sulfone groups is 1. The monoisotopic (exact) mass is 514 g/mol. The molecule has 9 nitrogen and oxygen atoms in total. The van der Waals surface area contributed by atoms with Gasteiger partial charge < -0.3 is 21.3 Å². The number of hydrogen-bond acceptors (Lipinski definition) is 7. The van der Waals surface area contributed by atoms with Crippen molar-refractivity contribution >= 4 is 39.0 Å². The Morgan fingerprint density at radius 3 is 2.34 bits per heavy atom. The van der Waals surface area contributed by atoms with Crippen LogP contribution in [0.2, 0.25) is 5.02 Å². The number of carbonyl (C=O) groups is 1. The summed E-state index contributed by atoms with van der Waals surface area (Å²) in [7, 11) is 0.153. The quantitative estimate of drug-likeness (QED) is 0.419. The number of halogens is 1. The minimum atomic E-state index is -3.71. The molecule has 0 unspecified atom stereocenters. The van der Waals surface area contributed by atoms with Gasteiger partial charge in [0.05, 0.1) is 10.6 Å². The topological polar surface area (TPSA) is 130 Å². The average Bonchev–Trinajstić information content (AvgIpc) is 3.62. The van der Waals surface area contributed by atoms with Crippen LogP contribution in [0.25, 0.3) is 11.4 Å². The number of nitrogens with two attached hydrogens (primary N) is 1. The Morgan fingerprint density at radius 2 is 1.74 bits per heavy atom. The summed E-state index contributed by atoms with van der Waals surface area (Å²) in [4.78, 5) is 23.1. The molecule has 2 aromatic carbocycles. The van der Waals surface area contributed by atoms with Gasteiger partial charge in [0, 0.05) is 35.4 Å². The van der Waals surface area contributed by atoms with Crippen LogP contribution in [0.15, 0.2) is 59.5 Å². The highest BCUT2D eigenvalue weighted by Crippen LogP contribution is 2.55. The fraction of sp³-hybridized carbons (Fsp3) is 0.292. The molecule has 184 valence electrons. The van der Waals surface area contributed by atoms with Crippen molar-refractivity contribution in [1.82, 2.24) is 20.2 Å². The van der Waals surface area contributed by atoms with E-state index >= 15 is 0 Å². The molecular weight excluding hydrogens is 488 g/mol. The summed E-state index contributed by atoms with van der Waals surface area (Å²) in [6, 6.07) is 14.3. The number of nitrogen functional groups attached to an aromatic ring is 1. The van der Waals surface area contributed by atoms with Crippen LogP contribution >= 0.6 is 11.6 Å². The zero-order chi connectivity index (χ0) is 25.2. The highest BCUT2D eigenvalue weighted by atomic mass is 35.5. The molecule has 2 amide bonds. The minimum absolute atomic E-state index is 0.185. The third-order valence-electron chi connectivity index (χ3n) is 5.80. The Bertz CT molecular complexity index is 1320. The van der Waals surface area contributed by atoms with E-state index in [9.17, 15) is 13.2 Å². The number of hydrogen-bond donors (Lipinski definition) is 3. The van der Waals surface area contributed by atoms with Gasteiger partial charge in [-0.3, -0.25) is 0 Å². The molecule has 1 heterocycles. The van der Waals surface area contributed by atoms with Crippen LogP contribution < -0.4 is 16.4 Å². The van der Waals surface area contributed by atoms with E-state index in [2.05, 4.69) is 20.6 Å². The fourth-order valence-corrected chi connectivity index (χ4v) is 5.81. The second kappa shape index (κ2) is 9.80. The molecule has 11 heteroatoms. The van der Waals surface area contributed by atoms with E-state index in [0.717, 1.165) is 6.54 Å². The number of likely N-dealkylation sites (N-methyl/N-ethyl adjacent to an activating group) is 1. The molecule has 0 radical (unpaired) electrons. The summed E-state index contributed by atoms with van der Waals surface area (Å²) in [5.74, 6) is 0.504. The van der Waals surface area contributed by atoms with Crippen LogP contribution in [0.1, 0.15) is 18.5 Å². The number of amides is 2. The number of benzene rings is 2. The maximum absolute atomic E-state index is 13.5. The second-order valence-electron chi connectivity index (χ2n) is 8.71. The van der Waals surface area contributed by atoms with Crippen molar-refractivity contribution in [3.05, 3.63) is 65.3 Å². The van der Waals surface area contributed by atoms with Gasteiger partial charge in [-0.25, -0.2) is 23.2 Å². The molecule has 3 aromatic rings. The minimum Gasteiger partial charge on any atom is -0.384 e. The fourth-order valence-electron chi connectivity index (χ4n) is 3.71. The first-order chi connectivity index (χ1) is 16.6. The molecule has 0 atom stereocenters. The Morgan fingerprint density at radius 1 is 1.09 bits per heavy atom. The smallest absolute Gasteiger partial charge is 0.319 e. The van der Waals surface area contributed by atoms with Crippen molar-refractivity contribution in [2.24, 2.45) is 0 Å². The van der Waals surface area contributed by atoms with Crippen LogP contribution in [0.3, 0.4) is 0 Å². The van der Waals surface area contributed by atoms with E-state index in [1.54, 1.807) is 36.4 Å². The van der Waals surface area contributed by atoms with Crippen LogP contribution in [-0.4, -0.2) is 56.5 Å². The van der Waals surface area contributed by atoms with Gasteiger partial charge in [0.2, 0.25) is 0 Å². The largest absolute Gasteiger partial charge is 0.384 e. The first kappa shape index (κ1) is 24.9. The molecule has 0 aliphatic heterocycles. The first-order valence-corrected chi connectivity index (χ1v) is 12.9. The third-order valence-corrected chi connectivity index (χ3v) is 8.59. The Balaban J connectivity index is 1.55. The molecule has 0 saturated heterocycles. The summed E-state index contributed by atoms with van der Waals surface area (Å²) >= 11 is 5.93. The van der Waals surface area contributed by atoms with Crippen LogP contribution in [-0.2, 0) is 14.6 Å². The number of nitrogens with zero attached hydrogens (tertiary/aromatic N) is 3. The molecule has 1 aromatic heterocycles. The van der Waals surface area contributed by atoms with Crippen molar-refractivity contribution < 1.29 is 13.2 Å². The third kappa shape index (κ3) is 5.39. The van der Waals surface area contributed by atoms with Crippen molar-refractivity contribution in [3.63, 3.8) is 0 Å². The van der Waals surface area contributed by atoms with E-state index in [0.29, 0.717) is 47.2 Å². The van der Waals surface area contributed by atoms with Gasteiger partial charge in [0.15, 0.2) is 15.7 Å². The highest BCUT2D eigenvalue weighted by Gasteiger charge is 2.57. The summed E-state index contributed by atoms with van der Waals surface area (Å²) in [5.41, 5.74) is 7.68. The highest BCUT2D eigenvalue weighted by molar-refractivity contribution is 7.92. The van der Waals surface area contributed by atoms with Gasteiger partial charge in [-0.2, -0.15) is 0 Å². The van der Waals surface area contributed by atoms with Crippen molar-refractivity contribution in [2.45, 2.75) is 22.5 Å². The van der Waals surface area contributed by atoms with Gasteiger partial charge in [-0.05, 0) is 75.5 Å². The molecule has 1 aliphatic carbocycles. The SMILES string of the molecule is CN(C)CCNC(=O)Nc1ccc(-c2nc(N)cc(C3(S(=O)(=O)c4ccc(Cl)cc4)CC3)n2)cc1. The lowest BCUT2D eigenvalue weighted by Gasteiger charge is -2.17. The molecular formula is C24H27ClN6O3S. The molecule has 4 N–H and O–H groups in total. The Hall–Kier alpha value is -3.21. The number of nitrogens with one attached hydrogen (secondary N) is 2. The number of rotatable bonds is 8. The number of aromatic nitrogens is 2. The van der Waals surface area contributed by atoms with E-state index in [-0.39, 0.29) is 16.7 Å². The molecule has 1 fully saturated rings. The van der Waals surface area contributed by atoms with Gasteiger partial charge in [0.25, 0.3) is 0 Å². The van der Waals surface area contributed by atoms with Crippen LogP contribution in [0, 0.1) is 0 Å². The van der Waals surface area contributed by atoms with Crippen LogP contribution in [0.5, 0.6) is 0 Å². The predicted molar refractivity (Wildman–Crippen MR) is 137 cm³/mol. The standard InChI is InChI=1S/C24H27ClN6O3S/c1-31(2)14-13-27-23(32)28-18-7-3-16(4-8-18)22-29-20(15-21(26)30-22)24(11-12-24)35(33,34)19-9-5-17(25)6-10-19/h3-10,15H,11-14H2,1-2H3,(H2,26,29,30)(H2,27,28,32). The lowest BCUT2D eigenvalue weighted by atomic mass is 10.1. The molecule has 1 aliphatic rings. The second-order valence-corrected chi connectivity index (χ2v) is 11.4. The van der Waals surface area contributed by atoms with E-state index in [4.69, 9.17) is 17.3 Å². The van der Waals surface area contributed by atoms with Crippen molar-refractivity contribution in [1.29, 1.82) is 0 Å². The van der Waals surface area contributed by atoms with Crippen molar-refractivity contribution in [2.75, 3.05) is 38.2 Å². The van der Waals surface area contributed by atoms with Crippen molar-refractivity contribution in [3.8, 4) is 11.4 Å². The normalized spacial score (nSPS) is 14.5. The maximum Gasteiger partial charge on any atom is 0.319 e. The number of urea groups is 1. The number of carbonyl (C=O) groups excluding carboxylic acids is 1. The molecule has 35 heavy (non-hydrogen) atoms. The molecule has 4 rings (SSSR count). The zero-order valence-electron chi connectivity index (χ0n) is 19.5. The lowest BCUT2D eigenvalue weighted by Crippen LogP contribution is -2.34. The predicted octanol–water partition coefficient (Wildman–Crippen LogP) is 3.53. The van der Waals surface area contributed by atoms with Crippen LogP contribution in [0.4, 0.5) is 16.3 Å². The van der Waals surface area contributed by atoms with Gasteiger partial charge >= 0.3 is 6.03 Å². The Kier molecular flexibility index (Phi) is 6.98. The molecule has 0 bridgehead atoms. The first-order valence-electron chi connectivity index (χ1n) is 11.1. The molecule has 0 spiro atoms. The molecule has 1 saturated carbocycles. The average molecular weight is 515 g/mol. The summed E-state index contributed by atoms with van der Waals surface area (Å²) < 4.78 is 25.8. The van der Waals surface area contributed by atoms with Gasteiger partial charge in [0.1, 0.15) is 10.6 Å². The summed E-state index contributed by atoms with van der Waals surface area (Å²) in [6.45, 7) is 1.26. The van der Waals surface area contributed by atoms with E-state index < -0.39 is 14.6 Å². The Labute approximate surface area is 209 Å². The zero-order valence-corrected chi connectivity index (χ0v) is 21.0. The lowest BCUT2D eigenvalue weighted by molar-refractivity contribution is 0.250. The van der Waals surface area contributed by atoms with E-state index in [1.165, 1.54) is 18.2 Å². The summed E-state index contributed by atoms with van der Waals surface area (Å²) in [5, 5.41) is 6.02.